The van der Waals surface area contributed by atoms with Crippen molar-refractivity contribution >= 4 is 15.9 Å². The van der Waals surface area contributed by atoms with Crippen molar-refractivity contribution in [1.29, 1.82) is 0 Å². The molecule has 1 heterocycles. The van der Waals surface area contributed by atoms with Crippen LogP contribution >= 0.6 is 15.9 Å². The average Bonchev–Trinajstić information content (AvgIpc) is 2.78. The molecule has 0 unspecified atom stereocenters. The van der Waals surface area contributed by atoms with Crippen LogP contribution < -0.4 is 15.6 Å². The van der Waals surface area contributed by atoms with Crippen LogP contribution in [-0.2, 0) is 13.2 Å². The number of benzene rings is 1. The maximum Gasteiger partial charge on any atom is 0.268 e. The van der Waals surface area contributed by atoms with Gasteiger partial charge in [-0.3, -0.25) is 4.79 Å². The van der Waals surface area contributed by atoms with Gasteiger partial charge in [0.1, 0.15) is 28.5 Å². The van der Waals surface area contributed by atoms with Crippen LogP contribution in [-0.4, -0.2) is 18.2 Å². The first kappa shape index (κ1) is 30.8. The lowest BCUT2D eigenvalue weighted by molar-refractivity contribution is 0.295. The number of halogens is 3. The second-order valence-electron chi connectivity index (χ2n) is 7.01. The minimum Gasteiger partial charge on any atom is -0.487 e. The number of nitrogens with one attached hydrogen (secondary N) is 1. The fourth-order valence-corrected chi connectivity index (χ4v) is 3.26. The zero-order valence-corrected chi connectivity index (χ0v) is 22.2. The van der Waals surface area contributed by atoms with Gasteiger partial charge in [-0.25, -0.2) is 8.78 Å². The van der Waals surface area contributed by atoms with Gasteiger partial charge >= 0.3 is 0 Å². The first-order chi connectivity index (χ1) is 15.7. The maximum atomic E-state index is 13.6. The Balaban J connectivity index is 0.000000868. The molecule has 0 fully saturated rings. The van der Waals surface area contributed by atoms with E-state index >= 15 is 0 Å². The molecule has 0 spiro atoms. The van der Waals surface area contributed by atoms with E-state index in [1.54, 1.807) is 23.6 Å². The molecule has 0 saturated carbocycles. The fourth-order valence-electron chi connectivity index (χ4n) is 2.81. The second-order valence-corrected chi connectivity index (χ2v) is 7.80. The Morgan fingerprint density at radius 1 is 1.27 bits per heavy atom. The molecule has 0 radical (unpaired) electrons. The summed E-state index contributed by atoms with van der Waals surface area (Å²) in [4.78, 5) is 12.3. The third kappa shape index (κ3) is 10.9. The summed E-state index contributed by atoms with van der Waals surface area (Å²) in [6.07, 6.45) is 5.79. The van der Waals surface area contributed by atoms with Gasteiger partial charge in [-0.05, 0) is 61.8 Å². The summed E-state index contributed by atoms with van der Waals surface area (Å²) in [5, 5.41) is 3.08. The van der Waals surface area contributed by atoms with E-state index in [0.29, 0.717) is 18.7 Å². The number of allylic oxidation sites excluding steroid dienone is 2. The molecule has 0 aliphatic rings. The SMILES string of the molecule is C=CCCn1c(C)cc(OCc2ccc(F)cc2F)c(Br)c1=O.CC.CC/C=C(\C)CNC. The first-order valence-electron chi connectivity index (χ1n) is 11.1. The zero-order valence-electron chi connectivity index (χ0n) is 20.6. The average molecular weight is 527 g/mol. The fraction of sp³-hybridized carbons (Fsp3) is 0.423. The topological polar surface area (TPSA) is 43.3 Å². The molecule has 1 N–H and O–H groups in total. The third-order valence-corrected chi connectivity index (χ3v) is 5.11. The Kier molecular flexibility index (Phi) is 16.1. The van der Waals surface area contributed by atoms with Crippen molar-refractivity contribution in [3.63, 3.8) is 0 Å². The molecule has 184 valence electrons. The summed E-state index contributed by atoms with van der Waals surface area (Å²) >= 11 is 3.22. The standard InChI is InChI=1S/C17H16BrF2NO2.C7H15N.C2H6/c1-3-4-7-21-11(2)8-15(16(18)17(21)22)23-10-12-5-6-13(19)9-14(12)20;1-4-5-7(2)6-8-3;1-2/h3,5-6,8-9H,1,4,7,10H2,2H3;5,8H,4,6H2,1-3H3;1-2H3/b;7-5+;. The number of aryl methyl sites for hydroxylation is 1. The summed E-state index contributed by atoms with van der Waals surface area (Å²) in [5.74, 6) is -1.00. The molecule has 4 nitrogen and oxygen atoms in total. The van der Waals surface area contributed by atoms with Gasteiger partial charge in [-0.1, -0.05) is 38.5 Å². The highest BCUT2D eigenvalue weighted by molar-refractivity contribution is 9.10. The van der Waals surface area contributed by atoms with Crippen molar-refractivity contribution in [2.75, 3.05) is 13.6 Å². The van der Waals surface area contributed by atoms with Crippen molar-refractivity contribution < 1.29 is 13.5 Å². The lowest BCUT2D eigenvalue weighted by Crippen LogP contribution is -2.23. The zero-order chi connectivity index (χ0) is 25.4. The van der Waals surface area contributed by atoms with Gasteiger partial charge in [0.05, 0.1) is 0 Å². The van der Waals surface area contributed by atoms with Crippen LogP contribution in [0, 0.1) is 18.6 Å². The van der Waals surface area contributed by atoms with E-state index in [4.69, 9.17) is 4.74 Å². The van der Waals surface area contributed by atoms with E-state index in [2.05, 4.69) is 47.7 Å². The van der Waals surface area contributed by atoms with Crippen LogP contribution in [0.5, 0.6) is 5.75 Å². The molecule has 0 amide bonds. The molecule has 0 atom stereocenters. The van der Waals surface area contributed by atoms with Gasteiger partial charge < -0.3 is 14.6 Å². The molecule has 0 aliphatic heterocycles. The normalized spacial score (nSPS) is 10.5. The number of rotatable bonds is 9. The van der Waals surface area contributed by atoms with Crippen molar-refractivity contribution in [3.05, 3.63) is 86.3 Å². The Hall–Kier alpha value is -2.25. The highest BCUT2D eigenvalue weighted by Crippen LogP contribution is 2.24. The minimum atomic E-state index is -0.683. The predicted molar refractivity (Wildman–Crippen MR) is 138 cm³/mol. The van der Waals surface area contributed by atoms with Crippen molar-refractivity contribution in [3.8, 4) is 5.75 Å². The molecule has 1 aromatic carbocycles. The van der Waals surface area contributed by atoms with E-state index in [0.717, 1.165) is 30.8 Å². The Labute approximate surface area is 205 Å². The summed E-state index contributed by atoms with van der Waals surface area (Å²) in [5.41, 5.74) is 2.15. The summed E-state index contributed by atoms with van der Waals surface area (Å²) in [6.45, 7) is 15.2. The monoisotopic (exact) mass is 526 g/mol. The van der Waals surface area contributed by atoms with Crippen LogP contribution in [0.3, 0.4) is 0 Å². The molecular weight excluding hydrogens is 490 g/mol. The predicted octanol–water partition coefficient (Wildman–Crippen LogP) is 6.94. The molecular formula is C26H37BrF2N2O2. The van der Waals surface area contributed by atoms with Gasteiger partial charge in [0.15, 0.2) is 0 Å². The van der Waals surface area contributed by atoms with Crippen molar-refractivity contribution in [1.82, 2.24) is 9.88 Å². The lowest BCUT2D eigenvalue weighted by atomic mass is 10.2. The second kappa shape index (κ2) is 17.3. The third-order valence-electron chi connectivity index (χ3n) is 4.38. The molecule has 0 aliphatic carbocycles. The Morgan fingerprint density at radius 3 is 2.48 bits per heavy atom. The number of hydrogen-bond donors (Lipinski definition) is 1. The highest BCUT2D eigenvalue weighted by atomic mass is 79.9. The lowest BCUT2D eigenvalue weighted by Gasteiger charge is -2.14. The van der Waals surface area contributed by atoms with Crippen LogP contribution in [0.4, 0.5) is 8.78 Å². The van der Waals surface area contributed by atoms with E-state index in [9.17, 15) is 13.6 Å². The molecule has 2 aromatic rings. The van der Waals surface area contributed by atoms with Crippen molar-refractivity contribution in [2.24, 2.45) is 0 Å². The Morgan fingerprint density at radius 2 is 1.94 bits per heavy atom. The number of aromatic nitrogens is 1. The summed E-state index contributed by atoms with van der Waals surface area (Å²) in [7, 11) is 1.97. The number of likely N-dealkylation sites (N-methyl/N-ethyl adjacent to an activating group) is 1. The Bertz CT molecular complexity index is 956. The van der Waals surface area contributed by atoms with Crippen LogP contribution in [0.1, 0.15) is 51.8 Å². The highest BCUT2D eigenvalue weighted by Gasteiger charge is 2.13. The quantitative estimate of drug-likeness (QED) is 0.359. The maximum absolute atomic E-state index is 13.6. The van der Waals surface area contributed by atoms with Gasteiger partial charge in [-0.2, -0.15) is 0 Å². The van der Waals surface area contributed by atoms with E-state index < -0.39 is 11.6 Å². The molecule has 2 rings (SSSR count). The molecule has 33 heavy (non-hydrogen) atoms. The van der Waals surface area contributed by atoms with Crippen LogP contribution in [0.25, 0.3) is 0 Å². The first-order valence-corrected chi connectivity index (χ1v) is 11.9. The molecule has 0 bridgehead atoms. The van der Waals surface area contributed by atoms with Gasteiger partial charge in [0.2, 0.25) is 0 Å². The largest absolute Gasteiger partial charge is 0.487 e. The number of ether oxygens (including phenoxy) is 1. The molecule has 0 saturated heterocycles. The number of hydrogen-bond acceptors (Lipinski definition) is 3. The summed E-state index contributed by atoms with van der Waals surface area (Å²) < 4.78 is 33.9. The number of pyridine rings is 1. The van der Waals surface area contributed by atoms with Crippen LogP contribution in [0.2, 0.25) is 0 Å². The van der Waals surface area contributed by atoms with Crippen LogP contribution in [0.15, 0.2) is 57.8 Å². The molecule has 1 aromatic heterocycles. The number of nitrogens with zero attached hydrogens (tertiary/aromatic N) is 1. The van der Waals surface area contributed by atoms with Crippen molar-refractivity contribution in [2.45, 2.75) is 60.6 Å². The van der Waals surface area contributed by atoms with E-state index in [-0.39, 0.29) is 22.2 Å². The van der Waals surface area contributed by atoms with Gasteiger partial charge in [0.25, 0.3) is 5.56 Å². The summed E-state index contributed by atoms with van der Waals surface area (Å²) in [6, 6.07) is 4.98. The minimum absolute atomic E-state index is 0.0970. The van der Waals surface area contributed by atoms with E-state index in [1.165, 1.54) is 11.6 Å². The van der Waals surface area contributed by atoms with Gasteiger partial charge in [0, 0.05) is 36.5 Å². The molecule has 7 heteroatoms. The van der Waals surface area contributed by atoms with E-state index in [1.807, 2.05) is 20.9 Å². The van der Waals surface area contributed by atoms with Gasteiger partial charge in [-0.15, -0.1) is 6.58 Å². The smallest absolute Gasteiger partial charge is 0.268 e.